The first kappa shape index (κ1) is 21.2. The fourth-order valence-electron chi connectivity index (χ4n) is 3.97. The zero-order valence-electron chi connectivity index (χ0n) is 16.9. The minimum absolute atomic E-state index is 0.112. The molecule has 2 aliphatic rings. The number of nitrogens with zero attached hydrogens (tertiary/aromatic N) is 3. The van der Waals surface area contributed by atoms with Gasteiger partial charge < -0.3 is 4.57 Å². The highest BCUT2D eigenvalue weighted by molar-refractivity contribution is 7.98. The third-order valence-electron chi connectivity index (χ3n) is 5.91. The number of thioether (sulfide) groups is 1. The first-order valence-corrected chi connectivity index (χ1v) is 13.3. The molecule has 0 bridgehead atoms. The number of aromatic nitrogens is 2. The molecule has 0 amide bonds. The van der Waals surface area contributed by atoms with Gasteiger partial charge in [-0.25, -0.2) is 17.8 Å². The van der Waals surface area contributed by atoms with Crippen LogP contribution in [-0.4, -0.2) is 35.4 Å². The quantitative estimate of drug-likeness (QED) is 0.430. The summed E-state index contributed by atoms with van der Waals surface area (Å²) in [5, 5.41) is 0.887. The molecule has 2 heterocycles. The maximum atomic E-state index is 14.3. The van der Waals surface area contributed by atoms with Gasteiger partial charge in [0.05, 0.1) is 21.0 Å². The van der Waals surface area contributed by atoms with Crippen LogP contribution in [0.25, 0.3) is 11.0 Å². The fraction of sp³-hybridized carbons (Fsp3) is 0.409. The molecule has 1 saturated heterocycles. The van der Waals surface area contributed by atoms with Crippen LogP contribution in [0.4, 0.5) is 4.39 Å². The molecule has 1 aromatic heterocycles. The maximum absolute atomic E-state index is 14.3. The standard InChI is InChI=1S/C22H23ClFN3O2S2/c23-18-5-3-4-16(21(18)24)14-30-22-25-19-12-17(31(28,29)26-10-1-2-11-26)8-9-20(19)27(22)13-15-6-7-15/h3-5,8-9,12,15H,1-2,6-7,10-11,13-14H2. The molecule has 0 N–H and O–H groups in total. The molecule has 3 aromatic rings. The van der Waals surface area contributed by atoms with Gasteiger partial charge in [0, 0.05) is 25.4 Å². The van der Waals surface area contributed by atoms with Crippen molar-refractivity contribution >= 4 is 44.4 Å². The second-order valence-electron chi connectivity index (χ2n) is 8.21. The van der Waals surface area contributed by atoms with Crippen molar-refractivity contribution in [2.75, 3.05) is 13.1 Å². The lowest BCUT2D eigenvalue weighted by Crippen LogP contribution is -2.27. The third kappa shape index (κ3) is 4.23. The lowest BCUT2D eigenvalue weighted by Gasteiger charge is -2.15. The molecule has 164 valence electrons. The molecule has 5 nitrogen and oxygen atoms in total. The monoisotopic (exact) mass is 479 g/mol. The lowest BCUT2D eigenvalue weighted by molar-refractivity contribution is 0.477. The van der Waals surface area contributed by atoms with E-state index >= 15 is 0 Å². The Labute approximate surface area is 190 Å². The predicted octanol–water partition coefficient (Wildman–Crippen LogP) is 5.32. The summed E-state index contributed by atoms with van der Waals surface area (Å²) in [7, 11) is -3.50. The van der Waals surface area contributed by atoms with Crippen molar-refractivity contribution in [3.05, 3.63) is 52.8 Å². The van der Waals surface area contributed by atoms with Crippen LogP contribution >= 0.6 is 23.4 Å². The summed E-state index contributed by atoms with van der Waals surface area (Å²) in [5.74, 6) is 0.618. The van der Waals surface area contributed by atoms with Crippen molar-refractivity contribution < 1.29 is 12.8 Å². The van der Waals surface area contributed by atoms with Crippen LogP contribution in [-0.2, 0) is 22.3 Å². The van der Waals surface area contributed by atoms with Gasteiger partial charge in [-0.1, -0.05) is 35.5 Å². The Morgan fingerprint density at radius 3 is 2.68 bits per heavy atom. The van der Waals surface area contributed by atoms with E-state index in [4.69, 9.17) is 16.6 Å². The Hall–Kier alpha value is -1.61. The number of hydrogen-bond donors (Lipinski definition) is 0. The van der Waals surface area contributed by atoms with E-state index in [2.05, 4.69) is 4.57 Å². The maximum Gasteiger partial charge on any atom is 0.243 e. The molecule has 1 aliphatic heterocycles. The number of hydrogen-bond acceptors (Lipinski definition) is 4. The second-order valence-corrected chi connectivity index (χ2v) is 11.5. The molecular formula is C22H23ClFN3O2S2. The van der Waals surface area contributed by atoms with Crippen molar-refractivity contribution in [1.29, 1.82) is 0 Å². The number of benzene rings is 2. The van der Waals surface area contributed by atoms with Crippen molar-refractivity contribution in [3.63, 3.8) is 0 Å². The Bertz CT molecular complexity index is 1240. The first-order chi connectivity index (χ1) is 14.9. The summed E-state index contributed by atoms with van der Waals surface area (Å²) in [5.41, 5.74) is 2.11. The normalized spacial score (nSPS) is 17.6. The fourth-order valence-corrected chi connectivity index (χ4v) is 6.70. The van der Waals surface area contributed by atoms with Gasteiger partial charge in [0.25, 0.3) is 0 Å². The number of imidazole rings is 1. The van der Waals surface area contributed by atoms with E-state index in [0.29, 0.717) is 35.8 Å². The van der Waals surface area contributed by atoms with E-state index in [0.717, 1.165) is 30.1 Å². The average molecular weight is 480 g/mol. The molecule has 2 aromatic carbocycles. The molecule has 1 aliphatic carbocycles. The smallest absolute Gasteiger partial charge is 0.243 e. The predicted molar refractivity (Wildman–Crippen MR) is 121 cm³/mol. The lowest BCUT2D eigenvalue weighted by atomic mass is 10.2. The zero-order valence-corrected chi connectivity index (χ0v) is 19.3. The van der Waals surface area contributed by atoms with Gasteiger partial charge in [-0.2, -0.15) is 4.31 Å². The topological polar surface area (TPSA) is 55.2 Å². The molecule has 0 unspecified atom stereocenters. The molecule has 31 heavy (non-hydrogen) atoms. The highest BCUT2D eigenvalue weighted by Gasteiger charge is 2.29. The molecule has 0 atom stereocenters. The Morgan fingerprint density at radius 2 is 1.94 bits per heavy atom. The first-order valence-electron chi connectivity index (χ1n) is 10.5. The SMILES string of the molecule is O=S(=O)(c1ccc2c(c1)nc(SCc1cccc(Cl)c1F)n2CC1CC1)N1CCCC1. The van der Waals surface area contributed by atoms with Crippen molar-refractivity contribution in [2.24, 2.45) is 5.92 Å². The van der Waals surface area contributed by atoms with Gasteiger partial charge in [0.15, 0.2) is 5.16 Å². The van der Waals surface area contributed by atoms with Crippen LogP contribution in [0.15, 0.2) is 46.5 Å². The summed E-state index contributed by atoms with van der Waals surface area (Å²) in [6.45, 7) is 1.99. The highest BCUT2D eigenvalue weighted by Crippen LogP contribution is 2.36. The summed E-state index contributed by atoms with van der Waals surface area (Å²) in [6, 6.07) is 10.2. The number of halogens is 2. The summed E-state index contributed by atoms with van der Waals surface area (Å²) in [4.78, 5) is 5.04. The average Bonchev–Trinajstić information content (AvgIpc) is 3.26. The summed E-state index contributed by atoms with van der Waals surface area (Å²) < 4.78 is 44.0. The van der Waals surface area contributed by atoms with Gasteiger partial charge in [-0.15, -0.1) is 0 Å². The van der Waals surface area contributed by atoms with E-state index in [-0.39, 0.29) is 9.92 Å². The molecule has 9 heteroatoms. The number of rotatable bonds is 7. The van der Waals surface area contributed by atoms with Crippen LogP contribution in [0, 0.1) is 11.7 Å². The van der Waals surface area contributed by atoms with E-state index in [1.54, 1.807) is 28.6 Å². The van der Waals surface area contributed by atoms with Gasteiger partial charge >= 0.3 is 0 Å². The number of fused-ring (bicyclic) bond motifs is 1. The van der Waals surface area contributed by atoms with Crippen LogP contribution < -0.4 is 0 Å². The van der Waals surface area contributed by atoms with Crippen molar-refractivity contribution in [1.82, 2.24) is 13.9 Å². The van der Waals surface area contributed by atoms with Crippen LogP contribution in [0.2, 0.25) is 5.02 Å². The van der Waals surface area contributed by atoms with E-state index in [9.17, 15) is 12.8 Å². The Kier molecular flexibility index (Phi) is 5.75. The molecule has 2 fully saturated rings. The van der Waals surface area contributed by atoms with Crippen LogP contribution in [0.5, 0.6) is 0 Å². The molecule has 5 rings (SSSR count). The van der Waals surface area contributed by atoms with Crippen LogP contribution in [0.1, 0.15) is 31.2 Å². The van der Waals surface area contributed by atoms with Crippen molar-refractivity contribution in [2.45, 2.75) is 48.0 Å². The summed E-state index contributed by atoms with van der Waals surface area (Å²) in [6.07, 6.45) is 4.18. The van der Waals surface area contributed by atoms with Gasteiger partial charge in [0.2, 0.25) is 10.0 Å². The van der Waals surface area contributed by atoms with E-state index < -0.39 is 15.8 Å². The second kappa shape index (κ2) is 8.39. The Balaban J connectivity index is 1.48. The van der Waals surface area contributed by atoms with Gasteiger partial charge in [0.1, 0.15) is 5.82 Å². The highest BCUT2D eigenvalue weighted by atomic mass is 35.5. The molecule has 0 radical (unpaired) electrons. The van der Waals surface area contributed by atoms with Gasteiger partial charge in [-0.05, 0) is 61.4 Å². The minimum atomic E-state index is -3.50. The molecular weight excluding hydrogens is 457 g/mol. The largest absolute Gasteiger partial charge is 0.319 e. The third-order valence-corrected chi connectivity index (χ3v) is 9.13. The number of sulfonamides is 1. The van der Waals surface area contributed by atoms with Crippen molar-refractivity contribution in [3.8, 4) is 0 Å². The zero-order chi connectivity index (χ0) is 21.6. The molecule has 1 saturated carbocycles. The van der Waals surface area contributed by atoms with Crippen LogP contribution in [0.3, 0.4) is 0 Å². The van der Waals surface area contributed by atoms with E-state index in [1.165, 1.54) is 30.7 Å². The van der Waals surface area contributed by atoms with E-state index in [1.807, 2.05) is 6.07 Å². The summed E-state index contributed by atoms with van der Waals surface area (Å²) >= 11 is 7.37. The Morgan fingerprint density at radius 1 is 1.16 bits per heavy atom. The van der Waals surface area contributed by atoms with Gasteiger partial charge in [-0.3, -0.25) is 0 Å². The minimum Gasteiger partial charge on any atom is -0.319 e. The molecule has 0 spiro atoms.